The van der Waals surface area contributed by atoms with Crippen LogP contribution in [0.5, 0.6) is 11.5 Å². The van der Waals surface area contributed by atoms with Gasteiger partial charge in [-0.1, -0.05) is 18.2 Å². The molecule has 0 spiro atoms. The van der Waals surface area contributed by atoms with Gasteiger partial charge in [0.1, 0.15) is 13.2 Å². The van der Waals surface area contributed by atoms with Gasteiger partial charge in [0.15, 0.2) is 11.5 Å². The molecule has 0 saturated carbocycles. The first-order valence-corrected chi connectivity index (χ1v) is 9.63. The Balaban J connectivity index is 1.37. The Labute approximate surface area is 161 Å². The van der Waals surface area contributed by atoms with Gasteiger partial charge in [-0.2, -0.15) is 11.3 Å². The van der Waals surface area contributed by atoms with Gasteiger partial charge in [-0.3, -0.25) is 4.79 Å². The second kappa shape index (κ2) is 7.82. The minimum Gasteiger partial charge on any atom is -0.486 e. The van der Waals surface area contributed by atoms with Crippen molar-refractivity contribution in [2.24, 2.45) is 0 Å². The van der Waals surface area contributed by atoms with Gasteiger partial charge in [-0.25, -0.2) is 0 Å². The number of aliphatic hydroxyl groups excluding tert-OH is 1. The molecular formula is C21H19NO4S. The molecule has 6 heteroatoms. The molecule has 0 bridgehead atoms. The largest absolute Gasteiger partial charge is 0.486 e. The number of amides is 1. The third-order valence-electron chi connectivity index (χ3n) is 4.41. The normalized spacial score (nSPS) is 13.8. The van der Waals surface area contributed by atoms with Gasteiger partial charge in [0.2, 0.25) is 0 Å². The van der Waals surface area contributed by atoms with Crippen LogP contribution < -0.4 is 14.8 Å². The van der Waals surface area contributed by atoms with Gasteiger partial charge < -0.3 is 19.9 Å². The number of rotatable bonds is 5. The van der Waals surface area contributed by atoms with Crippen LogP contribution in [0, 0.1) is 0 Å². The van der Waals surface area contributed by atoms with E-state index in [-0.39, 0.29) is 12.5 Å². The monoisotopic (exact) mass is 381 g/mol. The van der Waals surface area contributed by atoms with Gasteiger partial charge in [-0.05, 0) is 57.8 Å². The maximum atomic E-state index is 12.3. The van der Waals surface area contributed by atoms with Crippen molar-refractivity contribution in [3.05, 3.63) is 70.4 Å². The number of hydrogen-bond acceptors (Lipinski definition) is 5. The number of carbonyl (C=O) groups excluding carboxylic acids is 1. The molecule has 0 aliphatic carbocycles. The van der Waals surface area contributed by atoms with Crippen molar-refractivity contribution in [1.82, 2.24) is 5.32 Å². The molecule has 5 nitrogen and oxygen atoms in total. The van der Waals surface area contributed by atoms with Crippen LogP contribution in [0.3, 0.4) is 0 Å². The summed E-state index contributed by atoms with van der Waals surface area (Å²) in [6.45, 7) is 1.13. The van der Waals surface area contributed by atoms with Gasteiger partial charge >= 0.3 is 0 Å². The summed E-state index contributed by atoms with van der Waals surface area (Å²) in [5.41, 5.74) is 3.45. The maximum Gasteiger partial charge on any atom is 0.251 e. The fourth-order valence-corrected chi connectivity index (χ4v) is 3.58. The molecule has 0 radical (unpaired) electrons. The first-order chi connectivity index (χ1) is 13.2. The van der Waals surface area contributed by atoms with Crippen LogP contribution in [0.1, 0.15) is 22.0 Å². The molecule has 2 heterocycles. The Bertz CT molecular complexity index is 922. The molecule has 2 N–H and O–H groups in total. The highest BCUT2D eigenvalue weighted by Crippen LogP contribution is 2.32. The van der Waals surface area contributed by atoms with Crippen molar-refractivity contribution < 1.29 is 19.4 Å². The van der Waals surface area contributed by atoms with E-state index in [1.807, 2.05) is 23.6 Å². The molecule has 138 valence electrons. The zero-order chi connectivity index (χ0) is 18.6. The number of carbonyl (C=O) groups is 1. The zero-order valence-electron chi connectivity index (χ0n) is 14.6. The summed E-state index contributed by atoms with van der Waals surface area (Å²) in [6, 6.07) is 14.8. The number of nitrogens with one attached hydrogen (secondary N) is 1. The summed E-state index contributed by atoms with van der Waals surface area (Å²) in [4.78, 5) is 12.3. The molecule has 1 atom stereocenters. The van der Waals surface area contributed by atoms with E-state index in [1.165, 1.54) is 0 Å². The summed E-state index contributed by atoms with van der Waals surface area (Å²) in [5, 5.41) is 17.2. The molecule has 2 aromatic carbocycles. The number of aliphatic hydroxyl groups is 1. The third kappa shape index (κ3) is 3.97. The number of benzene rings is 2. The predicted octanol–water partition coefficient (Wildman–Crippen LogP) is 3.65. The van der Waals surface area contributed by atoms with Crippen LogP contribution >= 0.6 is 11.3 Å². The van der Waals surface area contributed by atoms with E-state index >= 15 is 0 Å². The van der Waals surface area contributed by atoms with E-state index in [4.69, 9.17) is 9.47 Å². The fraction of sp³-hybridized carbons (Fsp3) is 0.190. The molecule has 4 rings (SSSR count). The molecule has 1 aliphatic rings. The van der Waals surface area contributed by atoms with E-state index in [1.54, 1.807) is 41.7 Å². The van der Waals surface area contributed by atoms with Gasteiger partial charge in [0.25, 0.3) is 5.91 Å². The lowest BCUT2D eigenvalue weighted by Crippen LogP contribution is -2.28. The second-order valence-electron chi connectivity index (χ2n) is 6.22. The Morgan fingerprint density at radius 2 is 1.81 bits per heavy atom. The van der Waals surface area contributed by atoms with E-state index in [2.05, 4.69) is 10.7 Å². The molecule has 1 aromatic heterocycles. The lowest BCUT2D eigenvalue weighted by molar-refractivity contribution is 0.0916. The highest BCUT2D eigenvalue weighted by molar-refractivity contribution is 7.08. The second-order valence-corrected chi connectivity index (χ2v) is 7.00. The third-order valence-corrected chi connectivity index (χ3v) is 5.09. The quantitative estimate of drug-likeness (QED) is 0.708. The van der Waals surface area contributed by atoms with E-state index < -0.39 is 6.10 Å². The van der Waals surface area contributed by atoms with Crippen LogP contribution in [0.15, 0.2) is 59.3 Å². The van der Waals surface area contributed by atoms with Crippen LogP contribution in [-0.2, 0) is 0 Å². The van der Waals surface area contributed by atoms with Crippen molar-refractivity contribution >= 4 is 17.2 Å². The Morgan fingerprint density at radius 3 is 2.56 bits per heavy atom. The molecule has 1 aliphatic heterocycles. The van der Waals surface area contributed by atoms with E-state index in [0.29, 0.717) is 35.8 Å². The highest BCUT2D eigenvalue weighted by atomic mass is 32.1. The fourth-order valence-electron chi connectivity index (χ4n) is 2.92. The summed E-state index contributed by atoms with van der Waals surface area (Å²) in [5.74, 6) is 1.07. The molecule has 27 heavy (non-hydrogen) atoms. The number of fused-ring (bicyclic) bond motifs is 1. The minimum absolute atomic E-state index is 0.116. The highest BCUT2D eigenvalue weighted by Gasteiger charge is 2.16. The SMILES string of the molecule is O=C(NC[C@H](O)c1ccc2c(c1)OCCO2)c1ccc(-c2ccsc2)cc1. The van der Waals surface area contributed by atoms with Gasteiger partial charge in [-0.15, -0.1) is 0 Å². The Kier molecular flexibility index (Phi) is 5.09. The van der Waals surface area contributed by atoms with Gasteiger partial charge in [0.05, 0.1) is 6.10 Å². The average Bonchev–Trinajstić information content (AvgIpc) is 3.26. The predicted molar refractivity (Wildman–Crippen MR) is 104 cm³/mol. The molecule has 0 fully saturated rings. The van der Waals surface area contributed by atoms with Crippen LogP contribution in [-0.4, -0.2) is 30.8 Å². The van der Waals surface area contributed by atoms with Crippen molar-refractivity contribution in [2.45, 2.75) is 6.10 Å². The maximum absolute atomic E-state index is 12.3. The van der Waals surface area contributed by atoms with Crippen molar-refractivity contribution in [1.29, 1.82) is 0 Å². The first kappa shape index (κ1) is 17.6. The lowest BCUT2D eigenvalue weighted by atomic mass is 10.1. The lowest BCUT2D eigenvalue weighted by Gasteiger charge is -2.20. The first-order valence-electron chi connectivity index (χ1n) is 8.69. The van der Waals surface area contributed by atoms with Crippen molar-refractivity contribution in [3.8, 4) is 22.6 Å². The number of hydrogen-bond donors (Lipinski definition) is 2. The molecule has 3 aromatic rings. The summed E-state index contributed by atoms with van der Waals surface area (Å²) < 4.78 is 11.0. The smallest absolute Gasteiger partial charge is 0.251 e. The standard InChI is InChI=1S/C21H19NO4S/c23-18(16-5-6-19-20(11-16)26-9-8-25-19)12-22-21(24)15-3-1-14(2-4-15)17-7-10-27-13-17/h1-7,10-11,13,18,23H,8-9,12H2,(H,22,24)/t18-/m0/s1. The van der Waals surface area contributed by atoms with E-state index in [0.717, 1.165) is 11.1 Å². The van der Waals surface area contributed by atoms with Crippen LogP contribution in [0.2, 0.25) is 0 Å². The molecule has 1 amide bonds. The number of ether oxygens (including phenoxy) is 2. The Hall–Kier alpha value is -2.83. The van der Waals surface area contributed by atoms with Gasteiger partial charge in [0, 0.05) is 12.1 Å². The van der Waals surface area contributed by atoms with Crippen LogP contribution in [0.25, 0.3) is 11.1 Å². The van der Waals surface area contributed by atoms with E-state index in [9.17, 15) is 9.90 Å². The minimum atomic E-state index is -0.824. The molecular weight excluding hydrogens is 362 g/mol. The zero-order valence-corrected chi connectivity index (χ0v) is 15.4. The summed E-state index contributed by atoms with van der Waals surface area (Å²) in [6.07, 6.45) is -0.824. The summed E-state index contributed by atoms with van der Waals surface area (Å²) >= 11 is 1.64. The van der Waals surface area contributed by atoms with Crippen molar-refractivity contribution in [3.63, 3.8) is 0 Å². The topological polar surface area (TPSA) is 67.8 Å². The Morgan fingerprint density at radius 1 is 1.04 bits per heavy atom. The van der Waals surface area contributed by atoms with Crippen LogP contribution in [0.4, 0.5) is 0 Å². The molecule has 0 saturated heterocycles. The molecule has 0 unspecified atom stereocenters. The van der Waals surface area contributed by atoms with Crippen molar-refractivity contribution in [2.75, 3.05) is 19.8 Å². The number of thiophene rings is 1. The summed E-state index contributed by atoms with van der Waals surface area (Å²) in [7, 11) is 0. The average molecular weight is 381 g/mol.